The molecule has 0 fully saturated rings. The van der Waals surface area contributed by atoms with Gasteiger partial charge in [-0.05, 0) is 31.0 Å². The Morgan fingerprint density at radius 1 is 1.42 bits per heavy atom. The Morgan fingerprint density at radius 2 is 2.11 bits per heavy atom. The molecule has 0 heterocycles. The van der Waals surface area contributed by atoms with Crippen molar-refractivity contribution in [3.63, 3.8) is 0 Å². The number of carbonyl (C=O) groups excluding carboxylic acids is 1. The highest BCUT2D eigenvalue weighted by atomic mass is 16.5. The normalized spacial score (nSPS) is 13.7. The number of ether oxygens (including phenoxy) is 2. The van der Waals surface area contributed by atoms with Crippen molar-refractivity contribution >= 4 is 11.6 Å². The van der Waals surface area contributed by atoms with Crippen LogP contribution in [0.1, 0.15) is 25.8 Å². The van der Waals surface area contributed by atoms with Crippen LogP contribution in [0.15, 0.2) is 18.2 Å². The third-order valence-corrected chi connectivity index (χ3v) is 3.35. The summed E-state index contributed by atoms with van der Waals surface area (Å²) >= 11 is 0. The minimum atomic E-state index is -0.794. The first-order valence-corrected chi connectivity index (χ1v) is 6.22. The molecule has 0 aliphatic carbocycles. The van der Waals surface area contributed by atoms with Gasteiger partial charge in [0.05, 0.1) is 12.8 Å². The minimum Gasteiger partial charge on any atom is -0.495 e. The molecular weight excluding hydrogens is 244 g/mol. The number of methoxy groups -OCH3 is 2. The Kier molecular flexibility index (Phi) is 5.18. The zero-order valence-corrected chi connectivity index (χ0v) is 11.9. The van der Waals surface area contributed by atoms with Gasteiger partial charge in [0.25, 0.3) is 5.91 Å². The lowest BCUT2D eigenvalue weighted by atomic mass is 10.0. The Morgan fingerprint density at radius 3 is 2.58 bits per heavy atom. The summed E-state index contributed by atoms with van der Waals surface area (Å²) in [5.41, 5.74) is 6.49. The molecule has 0 aliphatic heterocycles. The van der Waals surface area contributed by atoms with Crippen molar-refractivity contribution in [1.29, 1.82) is 0 Å². The molecule has 0 aliphatic rings. The van der Waals surface area contributed by atoms with Crippen LogP contribution in [-0.2, 0) is 16.1 Å². The van der Waals surface area contributed by atoms with E-state index >= 15 is 0 Å². The second-order valence-corrected chi connectivity index (χ2v) is 4.55. The molecule has 19 heavy (non-hydrogen) atoms. The molecule has 0 saturated heterocycles. The summed E-state index contributed by atoms with van der Waals surface area (Å²) in [7, 11) is 3.10. The lowest BCUT2D eigenvalue weighted by Gasteiger charge is -2.25. The van der Waals surface area contributed by atoms with Gasteiger partial charge in [-0.3, -0.25) is 4.79 Å². The number of hydrogen-bond acceptors (Lipinski definition) is 4. The maximum Gasteiger partial charge on any atom is 0.252 e. The van der Waals surface area contributed by atoms with Gasteiger partial charge >= 0.3 is 0 Å². The van der Waals surface area contributed by atoms with Gasteiger partial charge in [0, 0.05) is 13.7 Å². The molecule has 0 spiro atoms. The smallest absolute Gasteiger partial charge is 0.252 e. The minimum absolute atomic E-state index is 0.133. The van der Waals surface area contributed by atoms with E-state index in [4.69, 9.17) is 15.2 Å². The lowest BCUT2D eigenvalue weighted by Crippen LogP contribution is -2.45. The second-order valence-electron chi connectivity index (χ2n) is 4.55. The van der Waals surface area contributed by atoms with Crippen molar-refractivity contribution < 1.29 is 14.3 Å². The predicted octanol–water partition coefficient (Wildman–Crippen LogP) is 1.71. The maximum atomic E-state index is 12.0. The number of benzene rings is 1. The monoisotopic (exact) mass is 266 g/mol. The first kappa shape index (κ1) is 15.3. The fourth-order valence-electron chi connectivity index (χ4n) is 1.66. The zero-order valence-electron chi connectivity index (χ0n) is 11.9. The van der Waals surface area contributed by atoms with E-state index < -0.39 is 5.60 Å². The fourth-order valence-corrected chi connectivity index (χ4v) is 1.66. The molecule has 1 rings (SSSR count). The van der Waals surface area contributed by atoms with Crippen molar-refractivity contribution in [2.75, 3.05) is 20.0 Å². The van der Waals surface area contributed by atoms with Crippen LogP contribution in [0.5, 0.6) is 5.75 Å². The van der Waals surface area contributed by atoms with E-state index in [9.17, 15) is 4.79 Å². The summed E-state index contributed by atoms with van der Waals surface area (Å²) in [6, 6.07) is 5.44. The van der Waals surface area contributed by atoms with Gasteiger partial charge in [0.1, 0.15) is 11.4 Å². The van der Waals surface area contributed by atoms with Crippen molar-refractivity contribution in [3.8, 4) is 5.75 Å². The molecule has 5 heteroatoms. The summed E-state index contributed by atoms with van der Waals surface area (Å²) < 4.78 is 10.3. The molecule has 5 nitrogen and oxygen atoms in total. The van der Waals surface area contributed by atoms with Crippen LogP contribution in [0.2, 0.25) is 0 Å². The van der Waals surface area contributed by atoms with E-state index in [2.05, 4.69) is 5.32 Å². The quantitative estimate of drug-likeness (QED) is 0.769. The fraction of sp³-hybridized carbons (Fsp3) is 0.500. The second kappa shape index (κ2) is 6.43. The highest BCUT2D eigenvalue weighted by molar-refractivity contribution is 5.84. The Labute approximate surface area is 114 Å². The van der Waals surface area contributed by atoms with E-state index in [-0.39, 0.29) is 5.91 Å². The SMILES string of the molecule is CCC(C)(OC)C(=O)NCc1ccc(OC)c(N)c1. The van der Waals surface area contributed by atoms with E-state index in [1.165, 1.54) is 7.11 Å². The summed E-state index contributed by atoms with van der Waals surface area (Å²) in [5.74, 6) is 0.497. The lowest BCUT2D eigenvalue weighted by molar-refractivity contribution is -0.142. The van der Waals surface area contributed by atoms with E-state index in [1.54, 1.807) is 26.2 Å². The number of nitrogens with two attached hydrogens (primary N) is 1. The van der Waals surface area contributed by atoms with Gasteiger partial charge in [-0.2, -0.15) is 0 Å². The van der Waals surface area contributed by atoms with Gasteiger partial charge in [-0.15, -0.1) is 0 Å². The van der Waals surface area contributed by atoms with Crippen LogP contribution in [0.3, 0.4) is 0 Å². The largest absolute Gasteiger partial charge is 0.495 e. The van der Waals surface area contributed by atoms with Gasteiger partial charge in [-0.1, -0.05) is 13.0 Å². The number of nitrogen functional groups attached to an aromatic ring is 1. The number of hydrogen-bond donors (Lipinski definition) is 2. The first-order chi connectivity index (χ1) is 8.96. The number of nitrogens with one attached hydrogen (secondary N) is 1. The summed E-state index contributed by atoms with van der Waals surface area (Å²) in [6.07, 6.45) is 0.611. The van der Waals surface area contributed by atoms with Crippen LogP contribution in [0, 0.1) is 0 Å². The van der Waals surface area contributed by atoms with Crippen LogP contribution >= 0.6 is 0 Å². The molecule has 0 aromatic heterocycles. The third kappa shape index (κ3) is 3.61. The Hall–Kier alpha value is -1.75. The van der Waals surface area contributed by atoms with Gasteiger partial charge in [0.15, 0.2) is 0 Å². The highest BCUT2D eigenvalue weighted by Gasteiger charge is 2.30. The first-order valence-electron chi connectivity index (χ1n) is 6.22. The summed E-state index contributed by atoms with van der Waals surface area (Å²) in [6.45, 7) is 4.09. The number of anilines is 1. The van der Waals surface area contributed by atoms with Crippen molar-refractivity contribution in [2.45, 2.75) is 32.4 Å². The summed E-state index contributed by atoms with van der Waals surface area (Å²) in [5, 5.41) is 2.85. The van der Waals surface area contributed by atoms with E-state index in [0.717, 1.165) is 5.56 Å². The molecule has 0 saturated carbocycles. The molecule has 0 bridgehead atoms. The number of carbonyl (C=O) groups is 1. The molecular formula is C14H22N2O3. The van der Waals surface area contributed by atoms with Gasteiger partial charge in [0.2, 0.25) is 0 Å². The molecule has 1 atom stereocenters. The highest BCUT2D eigenvalue weighted by Crippen LogP contribution is 2.22. The Bertz CT molecular complexity index is 442. The van der Waals surface area contributed by atoms with Crippen LogP contribution in [0.4, 0.5) is 5.69 Å². The molecule has 1 amide bonds. The van der Waals surface area contributed by atoms with Gasteiger partial charge < -0.3 is 20.5 Å². The average Bonchev–Trinajstić information content (AvgIpc) is 2.43. The average molecular weight is 266 g/mol. The molecule has 3 N–H and O–H groups in total. The van der Waals surface area contributed by atoms with Crippen molar-refractivity contribution in [2.24, 2.45) is 0 Å². The maximum absolute atomic E-state index is 12.0. The van der Waals surface area contributed by atoms with E-state index in [1.807, 2.05) is 13.0 Å². The molecule has 1 unspecified atom stereocenters. The van der Waals surface area contributed by atoms with Crippen LogP contribution in [-0.4, -0.2) is 25.7 Å². The molecule has 1 aromatic carbocycles. The summed E-state index contributed by atoms with van der Waals surface area (Å²) in [4.78, 5) is 12.0. The van der Waals surface area contributed by atoms with Crippen LogP contribution in [0.25, 0.3) is 0 Å². The van der Waals surface area contributed by atoms with Gasteiger partial charge in [-0.25, -0.2) is 0 Å². The Balaban J connectivity index is 2.67. The molecule has 106 valence electrons. The number of amides is 1. The van der Waals surface area contributed by atoms with Crippen LogP contribution < -0.4 is 15.8 Å². The van der Waals surface area contributed by atoms with Crippen molar-refractivity contribution in [3.05, 3.63) is 23.8 Å². The zero-order chi connectivity index (χ0) is 14.5. The molecule has 0 radical (unpaired) electrons. The topological polar surface area (TPSA) is 73.6 Å². The van der Waals surface area contributed by atoms with Crippen molar-refractivity contribution in [1.82, 2.24) is 5.32 Å². The third-order valence-electron chi connectivity index (χ3n) is 3.35. The van der Waals surface area contributed by atoms with E-state index in [0.29, 0.717) is 24.4 Å². The number of rotatable bonds is 6. The predicted molar refractivity (Wildman–Crippen MR) is 75.0 cm³/mol. The standard InChI is InChI=1S/C14H22N2O3/c1-5-14(2,19-4)13(17)16-9-10-6-7-12(18-3)11(15)8-10/h6-8H,5,9,15H2,1-4H3,(H,16,17). The molecule has 1 aromatic rings.